The number of nitrogens with zero attached hydrogens (tertiary/aromatic N) is 3. The van der Waals surface area contributed by atoms with Crippen LogP contribution < -0.4 is 9.46 Å². The van der Waals surface area contributed by atoms with Gasteiger partial charge in [0.2, 0.25) is 15.8 Å². The summed E-state index contributed by atoms with van der Waals surface area (Å²) in [6.45, 7) is 0. The zero-order valence-corrected chi connectivity index (χ0v) is 15.1. The number of pyridine rings is 1. The van der Waals surface area contributed by atoms with Gasteiger partial charge in [-0.1, -0.05) is 0 Å². The number of imidazole rings is 1. The van der Waals surface area contributed by atoms with E-state index in [0.29, 0.717) is 5.52 Å². The number of sulfonamides is 1. The number of ketones is 1. The highest BCUT2D eigenvalue weighted by molar-refractivity contribution is 7.92. The zero-order valence-electron chi connectivity index (χ0n) is 14.2. The van der Waals surface area contributed by atoms with Crippen LogP contribution >= 0.6 is 0 Å². The number of carbonyl (C=O) groups excluding carboxylic acids is 1. The number of nitro groups is 1. The Morgan fingerprint density at radius 3 is 2.67 bits per heavy atom. The van der Waals surface area contributed by atoms with Gasteiger partial charge in [-0.25, -0.2) is 13.4 Å². The Bertz CT molecular complexity index is 1170. The molecular weight excluding hydrogens is 376 g/mol. The Labute approximate surface area is 153 Å². The number of fused-ring (bicyclic) bond motifs is 1. The summed E-state index contributed by atoms with van der Waals surface area (Å²) in [5.74, 6) is -0.524. The molecule has 0 radical (unpaired) electrons. The second kappa shape index (κ2) is 6.68. The van der Waals surface area contributed by atoms with Crippen LogP contribution in [0.2, 0.25) is 0 Å². The molecule has 1 N–H and O–H groups in total. The number of rotatable bonds is 6. The molecule has 0 saturated carbocycles. The number of hydrogen-bond acceptors (Lipinski definition) is 7. The predicted octanol–water partition coefficient (Wildman–Crippen LogP) is 1.85. The van der Waals surface area contributed by atoms with Crippen molar-refractivity contribution in [3.05, 3.63) is 64.2 Å². The Kier molecular flexibility index (Phi) is 4.54. The maximum Gasteiger partial charge on any atom is 0.310 e. The molecular formula is C16H14N4O6S. The number of hydrogen-bond donors (Lipinski definition) is 1. The van der Waals surface area contributed by atoms with E-state index in [0.717, 1.165) is 6.26 Å². The molecule has 140 valence electrons. The summed E-state index contributed by atoms with van der Waals surface area (Å²) >= 11 is 0. The van der Waals surface area contributed by atoms with Crippen molar-refractivity contribution < 1.29 is 22.9 Å². The molecule has 2 heterocycles. The summed E-state index contributed by atoms with van der Waals surface area (Å²) in [5, 5.41) is 11.0. The summed E-state index contributed by atoms with van der Waals surface area (Å²) in [7, 11) is -2.22. The van der Waals surface area contributed by atoms with Gasteiger partial charge < -0.3 is 4.74 Å². The average molecular weight is 390 g/mol. The van der Waals surface area contributed by atoms with E-state index in [4.69, 9.17) is 4.74 Å². The first-order chi connectivity index (χ1) is 12.7. The number of nitro benzene ring substituents is 1. The Morgan fingerprint density at radius 1 is 1.30 bits per heavy atom. The third-order valence-electron chi connectivity index (χ3n) is 3.67. The van der Waals surface area contributed by atoms with Crippen molar-refractivity contribution in [2.24, 2.45) is 0 Å². The van der Waals surface area contributed by atoms with Gasteiger partial charge in [-0.2, -0.15) is 0 Å². The molecule has 0 unspecified atom stereocenters. The van der Waals surface area contributed by atoms with Crippen LogP contribution in [0.25, 0.3) is 5.52 Å². The monoisotopic (exact) mass is 390 g/mol. The fourth-order valence-electron chi connectivity index (χ4n) is 2.53. The van der Waals surface area contributed by atoms with Gasteiger partial charge in [-0.3, -0.25) is 24.0 Å². The molecule has 0 spiro atoms. The maximum absolute atomic E-state index is 12.8. The number of nitrogens with one attached hydrogen (secondary N) is 1. The molecule has 3 aromatic rings. The van der Waals surface area contributed by atoms with Crippen molar-refractivity contribution in [2.45, 2.75) is 0 Å². The molecule has 0 aliphatic rings. The fourth-order valence-corrected chi connectivity index (χ4v) is 3.08. The lowest BCUT2D eigenvalue weighted by atomic mass is 10.1. The van der Waals surface area contributed by atoms with Crippen LogP contribution in [0.15, 0.2) is 42.7 Å². The summed E-state index contributed by atoms with van der Waals surface area (Å²) in [5.41, 5.74) is 0.720. The van der Waals surface area contributed by atoms with Gasteiger partial charge in [0, 0.05) is 17.8 Å². The number of carbonyl (C=O) groups is 1. The van der Waals surface area contributed by atoms with E-state index in [9.17, 15) is 23.3 Å². The zero-order chi connectivity index (χ0) is 19.8. The molecule has 0 bridgehead atoms. The van der Waals surface area contributed by atoms with Gasteiger partial charge in [0.25, 0.3) is 0 Å². The van der Waals surface area contributed by atoms with E-state index in [1.54, 1.807) is 12.1 Å². The van der Waals surface area contributed by atoms with Gasteiger partial charge in [0.05, 0.1) is 35.7 Å². The topological polar surface area (TPSA) is 133 Å². The van der Waals surface area contributed by atoms with Gasteiger partial charge in [0.15, 0.2) is 11.6 Å². The van der Waals surface area contributed by atoms with Crippen LogP contribution in [0.5, 0.6) is 5.75 Å². The van der Waals surface area contributed by atoms with Crippen LogP contribution in [0.1, 0.15) is 16.2 Å². The normalized spacial score (nSPS) is 11.3. The Morgan fingerprint density at radius 2 is 2.04 bits per heavy atom. The highest BCUT2D eigenvalue weighted by atomic mass is 32.2. The number of ether oxygens (including phenoxy) is 1. The van der Waals surface area contributed by atoms with E-state index in [1.165, 1.54) is 42.1 Å². The van der Waals surface area contributed by atoms with Gasteiger partial charge in [-0.05, 0) is 24.3 Å². The van der Waals surface area contributed by atoms with Crippen molar-refractivity contribution in [1.29, 1.82) is 0 Å². The summed E-state index contributed by atoms with van der Waals surface area (Å²) in [4.78, 5) is 27.3. The molecule has 0 aliphatic heterocycles. The maximum atomic E-state index is 12.8. The van der Waals surface area contributed by atoms with Crippen molar-refractivity contribution in [3.63, 3.8) is 0 Å². The fraction of sp³-hybridized carbons (Fsp3) is 0.125. The Hall–Kier alpha value is -3.47. The molecule has 0 fully saturated rings. The van der Waals surface area contributed by atoms with Crippen LogP contribution in [0, 0.1) is 10.1 Å². The van der Waals surface area contributed by atoms with Crippen molar-refractivity contribution >= 4 is 32.7 Å². The first-order valence-electron chi connectivity index (χ1n) is 7.51. The van der Waals surface area contributed by atoms with E-state index in [2.05, 4.69) is 9.71 Å². The minimum atomic E-state index is -3.49. The quantitative estimate of drug-likeness (QED) is 0.386. The molecule has 2 aromatic heterocycles. The second-order valence-electron chi connectivity index (χ2n) is 5.64. The van der Waals surface area contributed by atoms with E-state index in [-0.39, 0.29) is 28.5 Å². The molecule has 1 aromatic carbocycles. The van der Waals surface area contributed by atoms with Crippen molar-refractivity contribution in [2.75, 3.05) is 18.1 Å². The van der Waals surface area contributed by atoms with Crippen LogP contribution in [-0.4, -0.2) is 41.9 Å². The standard InChI is InChI=1S/C16H14N4O6S/c1-26-14-7-10(3-6-13(14)20(22)23)15(21)16-17-8-12-5-4-11(9-19(12)16)18-27(2,24)25/h3-9,18H,1-2H3. The van der Waals surface area contributed by atoms with Crippen LogP contribution in [-0.2, 0) is 10.0 Å². The molecule has 27 heavy (non-hydrogen) atoms. The molecule has 10 nitrogen and oxygen atoms in total. The number of methoxy groups -OCH3 is 1. The summed E-state index contributed by atoms with van der Waals surface area (Å²) in [6.07, 6.45) is 3.90. The molecule has 0 aliphatic carbocycles. The minimum Gasteiger partial charge on any atom is -0.490 e. The SMILES string of the molecule is COc1cc(C(=O)c2ncc3ccc(NS(C)(=O)=O)cn23)ccc1[N+](=O)[O-]. The van der Waals surface area contributed by atoms with Gasteiger partial charge >= 0.3 is 5.69 Å². The molecule has 0 saturated heterocycles. The van der Waals surface area contributed by atoms with Gasteiger partial charge in [0.1, 0.15) is 0 Å². The number of benzene rings is 1. The number of anilines is 1. The van der Waals surface area contributed by atoms with E-state index >= 15 is 0 Å². The van der Waals surface area contributed by atoms with Crippen molar-refractivity contribution in [3.8, 4) is 5.75 Å². The van der Waals surface area contributed by atoms with Crippen molar-refractivity contribution in [1.82, 2.24) is 9.38 Å². The third-order valence-corrected chi connectivity index (χ3v) is 4.28. The summed E-state index contributed by atoms with van der Waals surface area (Å²) < 4.78 is 31.5. The summed E-state index contributed by atoms with van der Waals surface area (Å²) in [6, 6.07) is 6.90. The van der Waals surface area contributed by atoms with E-state index in [1.807, 2.05) is 0 Å². The lowest BCUT2D eigenvalue weighted by molar-refractivity contribution is -0.385. The van der Waals surface area contributed by atoms with Crippen LogP contribution in [0.4, 0.5) is 11.4 Å². The largest absolute Gasteiger partial charge is 0.490 e. The average Bonchev–Trinajstić information content (AvgIpc) is 3.02. The smallest absolute Gasteiger partial charge is 0.310 e. The molecule has 3 rings (SSSR count). The van der Waals surface area contributed by atoms with E-state index < -0.39 is 20.7 Å². The third kappa shape index (κ3) is 3.72. The molecule has 11 heteroatoms. The lowest BCUT2D eigenvalue weighted by Gasteiger charge is -2.07. The molecule has 0 amide bonds. The van der Waals surface area contributed by atoms with Crippen LogP contribution in [0.3, 0.4) is 0 Å². The lowest BCUT2D eigenvalue weighted by Crippen LogP contribution is -2.11. The van der Waals surface area contributed by atoms with Gasteiger partial charge in [-0.15, -0.1) is 0 Å². The second-order valence-corrected chi connectivity index (χ2v) is 7.39. The Balaban J connectivity index is 2.05. The number of aromatic nitrogens is 2. The highest BCUT2D eigenvalue weighted by Crippen LogP contribution is 2.28. The first-order valence-corrected chi connectivity index (χ1v) is 9.41. The molecule has 0 atom stereocenters. The first kappa shape index (κ1) is 18.3. The minimum absolute atomic E-state index is 0.0260. The predicted molar refractivity (Wildman–Crippen MR) is 96.7 cm³/mol. The highest BCUT2D eigenvalue weighted by Gasteiger charge is 2.21.